The number of hydrogen-bond donors (Lipinski definition) is 2. The van der Waals surface area contributed by atoms with Crippen LogP contribution in [0.5, 0.6) is 0 Å². The number of sulfone groups is 1. The molecule has 0 saturated carbocycles. The molecule has 1 aliphatic rings. The van der Waals surface area contributed by atoms with Crippen LogP contribution in [0.1, 0.15) is 5.56 Å². The largest absolute Gasteiger partial charge is 0.397 e. The molecular formula is C11H13FN2O2S. The number of benzene rings is 1. The summed E-state index contributed by atoms with van der Waals surface area (Å²) in [6, 6.07) is 2.49. The van der Waals surface area contributed by atoms with Crippen molar-refractivity contribution in [3.63, 3.8) is 0 Å². The van der Waals surface area contributed by atoms with Crippen LogP contribution in [-0.2, 0) is 9.84 Å². The Kier molecular flexibility index (Phi) is 2.82. The summed E-state index contributed by atoms with van der Waals surface area (Å²) in [5.41, 5.74) is 6.95. The summed E-state index contributed by atoms with van der Waals surface area (Å²) in [5, 5.41) is 4.15. The highest BCUT2D eigenvalue weighted by Gasteiger charge is 2.22. The zero-order chi connectivity index (χ0) is 12.6. The minimum Gasteiger partial charge on any atom is -0.397 e. The normalized spacial score (nSPS) is 21.6. The molecule has 6 heteroatoms. The number of nitrogens with two attached hydrogens (primary N) is 1. The maximum absolute atomic E-state index is 13.2. The fourth-order valence-electron chi connectivity index (χ4n) is 1.69. The van der Waals surface area contributed by atoms with E-state index >= 15 is 0 Å². The van der Waals surface area contributed by atoms with Gasteiger partial charge in [0, 0.05) is 5.41 Å². The Morgan fingerprint density at radius 2 is 2.18 bits per heavy atom. The first-order valence-electron chi connectivity index (χ1n) is 5.10. The molecule has 17 heavy (non-hydrogen) atoms. The summed E-state index contributed by atoms with van der Waals surface area (Å²) in [6.45, 7) is 1.63. The van der Waals surface area contributed by atoms with E-state index in [2.05, 4.69) is 5.32 Å². The topological polar surface area (TPSA) is 72.2 Å². The van der Waals surface area contributed by atoms with E-state index in [4.69, 9.17) is 5.73 Å². The summed E-state index contributed by atoms with van der Waals surface area (Å²) >= 11 is 0. The van der Waals surface area contributed by atoms with Crippen LogP contribution in [0.3, 0.4) is 0 Å². The first kappa shape index (κ1) is 11.9. The van der Waals surface area contributed by atoms with Crippen molar-refractivity contribution in [2.45, 2.75) is 13.0 Å². The van der Waals surface area contributed by atoms with Crippen molar-refractivity contribution in [2.75, 3.05) is 16.8 Å². The number of nitrogens with one attached hydrogen (secondary N) is 1. The number of nitrogen functional groups attached to an aromatic ring is 1. The summed E-state index contributed by atoms with van der Waals surface area (Å²) in [5.74, 6) is -0.370. The standard InChI is InChI=1S/C11H13FN2O2S/c1-7-4-11(10(13)5-9(7)12)14-8-2-3-17(15,16)6-8/h2-5,8,14H,6,13H2,1H3. The van der Waals surface area contributed by atoms with Crippen LogP contribution in [-0.4, -0.2) is 20.2 Å². The van der Waals surface area contributed by atoms with Gasteiger partial charge in [-0.25, -0.2) is 12.8 Å². The van der Waals surface area contributed by atoms with Crippen LogP contribution < -0.4 is 11.1 Å². The Morgan fingerprint density at radius 3 is 2.76 bits per heavy atom. The van der Waals surface area contributed by atoms with Crippen LogP contribution in [0.4, 0.5) is 15.8 Å². The van der Waals surface area contributed by atoms with Gasteiger partial charge in [0.25, 0.3) is 0 Å². The predicted octanol–water partition coefficient (Wildman–Crippen LogP) is 1.44. The van der Waals surface area contributed by atoms with Crippen molar-refractivity contribution >= 4 is 21.2 Å². The molecule has 0 aromatic heterocycles. The van der Waals surface area contributed by atoms with Gasteiger partial charge in [-0.2, -0.15) is 0 Å². The Labute approximate surface area is 99.2 Å². The zero-order valence-corrected chi connectivity index (χ0v) is 10.1. The highest BCUT2D eigenvalue weighted by atomic mass is 32.2. The van der Waals surface area contributed by atoms with Crippen LogP contribution >= 0.6 is 0 Å². The second-order valence-corrected chi connectivity index (χ2v) is 6.03. The van der Waals surface area contributed by atoms with Crippen molar-refractivity contribution in [3.05, 3.63) is 35.0 Å². The Morgan fingerprint density at radius 1 is 1.47 bits per heavy atom. The Bertz CT molecular complexity index is 581. The van der Waals surface area contributed by atoms with E-state index in [1.165, 1.54) is 11.5 Å². The highest BCUT2D eigenvalue weighted by Crippen LogP contribution is 2.24. The zero-order valence-electron chi connectivity index (χ0n) is 9.27. The lowest BCUT2D eigenvalue weighted by Crippen LogP contribution is -2.21. The van der Waals surface area contributed by atoms with Crippen LogP contribution in [0.2, 0.25) is 0 Å². The van der Waals surface area contributed by atoms with Crippen LogP contribution in [0.25, 0.3) is 0 Å². The van der Waals surface area contributed by atoms with Gasteiger partial charge >= 0.3 is 0 Å². The molecule has 92 valence electrons. The molecule has 4 nitrogen and oxygen atoms in total. The van der Waals surface area contributed by atoms with Gasteiger partial charge in [0.05, 0.1) is 23.2 Å². The lowest BCUT2D eigenvalue weighted by Gasteiger charge is -2.14. The number of hydrogen-bond acceptors (Lipinski definition) is 4. The monoisotopic (exact) mass is 256 g/mol. The van der Waals surface area contributed by atoms with Gasteiger partial charge in [-0.1, -0.05) is 6.08 Å². The molecule has 1 aromatic rings. The van der Waals surface area contributed by atoms with Gasteiger partial charge in [-0.15, -0.1) is 0 Å². The first-order chi connectivity index (χ1) is 7.87. The molecule has 1 heterocycles. The number of aryl methyl sites for hydroxylation is 1. The van der Waals surface area contributed by atoms with Gasteiger partial charge in [-0.05, 0) is 24.6 Å². The predicted molar refractivity (Wildman–Crippen MR) is 65.9 cm³/mol. The summed E-state index contributed by atoms with van der Waals surface area (Å²) in [4.78, 5) is 0. The Hall–Kier alpha value is -1.56. The fourth-order valence-corrected chi connectivity index (χ4v) is 2.92. The van der Waals surface area contributed by atoms with E-state index in [-0.39, 0.29) is 23.3 Å². The van der Waals surface area contributed by atoms with E-state index in [0.717, 1.165) is 0 Å². The lowest BCUT2D eigenvalue weighted by atomic mass is 10.1. The third kappa shape index (κ3) is 2.58. The van der Waals surface area contributed by atoms with Gasteiger partial charge in [0.2, 0.25) is 0 Å². The molecule has 0 spiro atoms. The number of halogens is 1. The average molecular weight is 256 g/mol. The van der Waals surface area contributed by atoms with Gasteiger partial charge in [0.1, 0.15) is 5.82 Å². The van der Waals surface area contributed by atoms with E-state index < -0.39 is 9.84 Å². The molecule has 3 N–H and O–H groups in total. The third-order valence-electron chi connectivity index (χ3n) is 2.60. The molecule has 0 aliphatic carbocycles. The van der Waals surface area contributed by atoms with E-state index in [0.29, 0.717) is 11.3 Å². The molecule has 2 rings (SSSR count). The minimum atomic E-state index is -3.10. The highest BCUT2D eigenvalue weighted by molar-refractivity contribution is 7.94. The molecule has 1 aromatic carbocycles. The van der Waals surface area contributed by atoms with Crippen molar-refractivity contribution in [1.82, 2.24) is 0 Å². The van der Waals surface area contributed by atoms with E-state index in [1.807, 2.05) is 0 Å². The molecule has 1 atom stereocenters. The average Bonchev–Trinajstić information content (AvgIpc) is 2.54. The second-order valence-electron chi connectivity index (χ2n) is 4.10. The summed E-state index contributed by atoms with van der Waals surface area (Å²) in [6.07, 6.45) is 1.56. The summed E-state index contributed by atoms with van der Waals surface area (Å²) in [7, 11) is -3.10. The minimum absolute atomic E-state index is 0.00284. The van der Waals surface area contributed by atoms with E-state index in [9.17, 15) is 12.8 Å². The second kappa shape index (κ2) is 4.03. The first-order valence-corrected chi connectivity index (χ1v) is 6.82. The lowest BCUT2D eigenvalue weighted by molar-refractivity contribution is 0.605. The quantitative estimate of drug-likeness (QED) is 0.785. The Balaban J connectivity index is 2.21. The molecule has 1 unspecified atom stereocenters. The smallest absolute Gasteiger partial charge is 0.173 e. The van der Waals surface area contributed by atoms with Gasteiger partial charge in [0.15, 0.2) is 9.84 Å². The summed E-state index contributed by atoms with van der Waals surface area (Å²) < 4.78 is 35.6. The van der Waals surface area contributed by atoms with Crippen LogP contribution in [0, 0.1) is 12.7 Å². The van der Waals surface area contributed by atoms with Crippen molar-refractivity contribution in [2.24, 2.45) is 0 Å². The molecule has 0 bridgehead atoms. The van der Waals surface area contributed by atoms with E-state index in [1.54, 1.807) is 19.1 Å². The number of anilines is 2. The molecule has 0 fully saturated rings. The van der Waals surface area contributed by atoms with Gasteiger partial charge in [-0.3, -0.25) is 0 Å². The molecule has 0 radical (unpaired) electrons. The molecule has 1 aliphatic heterocycles. The fraction of sp³-hybridized carbons (Fsp3) is 0.273. The molecule has 0 saturated heterocycles. The van der Waals surface area contributed by atoms with Crippen LogP contribution in [0.15, 0.2) is 23.6 Å². The molecular weight excluding hydrogens is 243 g/mol. The van der Waals surface area contributed by atoms with Crippen molar-refractivity contribution in [3.8, 4) is 0 Å². The van der Waals surface area contributed by atoms with Crippen molar-refractivity contribution in [1.29, 1.82) is 0 Å². The van der Waals surface area contributed by atoms with Gasteiger partial charge < -0.3 is 11.1 Å². The number of rotatable bonds is 2. The molecule has 0 amide bonds. The van der Waals surface area contributed by atoms with Crippen molar-refractivity contribution < 1.29 is 12.8 Å². The maximum atomic E-state index is 13.2. The maximum Gasteiger partial charge on any atom is 0.173 e. The third-order valence-corrected chi connectivity index (χ3v) is 4.00. The SMILES string of the molecule is Cc1cc(NC2C=CS(=O)(=O)C2)c(N)cc1F.